The third-order valence-corrected chi connectivity index (χ3v) is 0.977. The van der Waals surface area contributed by atoms with Crippen LogP contribution in [0.1, 0.15) is 27.7 Å². The molecule has 0 saturated carbocycles. The van der Waals surface area contributed by atoms with Crippen molar-refractivity contribution in [2.45, 2.75) is 33.3 Å². The molecule has 0 saturated heterocycles. The first-order chi connectivity index (χ1) is 5.95. The summed E-state index contributed by atoms with van der Waals surface area (Å²) in [6.07, 6.45) is -0.660. The molecule has 0 bridgehead atoms. The van der Waals surface area contributed by atoms with Crippen LogP contribution >= 0.6 is 0 Å². The van der Waals surface area contributed by atoms with Gasteiger partial charge in [0.25, 0.3) is 0 Å². The predicted octanol–water partition coefficient (Wildman–Crippen LogP) is 2.14. The lowest BCUT2D eigenvalue weighted by Gasteiger charge is -2.18. The van der Waals surface area contributed by atoms with Crippen LogP contribution < -0.4 is 0 Å². The van der Waals surface area contributed by atoms with Gasteiger partial charge in [-0.15, -0.1) is 0 Å². The topological polar surface area (TPSA) is 44.8 Å². The summed E-state index contributed by atoms with van der Waals surface area (Å²) >= 11 is 0. The number of rotatable bonds is 4. The molecule has 4 nitrogen and oxygen atoms in total. The van der Waals surface area contributed by atoms with Crippen LogP contribution in [0, 0.1) is 6.61 Å². The maximum Gasteiger partial charge on any atom is 0.508 e. The molecule has 77 valence electrons. The highest BCUT2D eigenvalue weighted by molar-refractivity contribution is 5.60. The second-order valence-electron chi connectivity index (χ2n) is 3.42. The normalized spacial score (nSPS) is 11.1. The maximum atomic E-state index is 10.9. The summed E-state index contributed by atoms with van der Waals surface area (Å²) < 4.78 is 14.5. The van der Waals surface area contributed by atoms with Crippen LogP contribution in [0.5, 0.6) is 0 Å². The van der Waals surface area contributed by atoms with Crippen LogP contribution in [-0.2, 0) is 14.2 Å². The van der Waals surface area contributed by atoms with Gasteiger partial charge < -0.3 is 14.2 Å². The molecule has 0 spiro atoms. The first-order valence-corrected chi connectivity index (χ1v) is 4.21. The molecule has 0 amide bonds. The number of hydrogen-bond acceptors (Lipinski definition) is 4. The summed E-state index contributed by atoms with van der Waals surface area (Å²) in [5.74, 6) is 0. The van der Waals surface area contributed by atoms with E-state index < -0.39 is 11.8 Å². The first kappa shape index (κ1) is 12.2. The van der Waals surface area contributed by atoms with E-state index in [-0.39, 0.29) is 6.61 Å². The number of carbonyl (C=O) groups excluding carboxylic acids is 1. The predicted molar refractivity (Wildman–Crippen MR) is 48.1 cm³/mol. The van der Waals surface area contributed by atoms with Crippen molar-refractivity contribution in [3.8, 4) is 0 Å². The van der Waals surface area contributed by atoms with E-state index in [1.807, 2.05) is 0 Å². The molecule has 0 rings (SSSR count). The Hall–Kier alpha value is -0.770. The molecule has 0 unspecified atom stereocenters. The largest absolute Gasteiger partial charge is 0.508 e. The van der Waals surface area contributed by atoms with Crippen LogP contribution in [0.3, 0.4) is 0 Å². The molecule has 0 aromatic heterocycles. The van der Waals surface area contributed by atoms with E-state index in [4.69, 9.17) is 14.2 Å². The standard InChI is InChI=1S/C9H17O4/c1-5-11-6-7-12-8(10)13-9(2,3)4/h5H,6-7H2,1-4H3. The van der Waals surface area contributed by atoms with Crippen molar-refractivity contribution >= 4 is 6.16 Å². The second-order valence-corrected chi connectivity index (χ2v) is 3.42. The van der Waals surface area contributed by atoms with Gasteiger partial charge >= 0.3 is 6.16 Å². The minimum absolute atomic E-state index is 0.208. The maximum absolute atomic E-state index is 10.9. The molecule has 4 heteroatoms. The van der Waals surface area contributed by atoms with Crippen molar-refractivity contribution in [1.29, 1.82) is 0 Å². The number of ether oxygens (including phenoxy) is 3. The summed E-state index contributed by atoms with van der Waals surface area (Å²) in [7, 11) is 0. The molecule has 0 aliphatic rings. The molecule has 0 fully saturated rings. The molecule has 0 aliphatic heterocycles. The monoisotopic (exact) mass is 189 g/mol. The zero-order valence-corrected chi connectivity index (χ0v) is 8.62. The zero-order chi connectivity index (χ0) is 10.3. The third kappa shape index (κ3) is 9.14. The Labute approximate surface area is 79.2 Å². The van der Waals surface area contributed by atoms with Gasteiger partial charge in [-0.3, -0.25) is 0 Å². The molecule has 13 heavy (non-hydrogen) atoms. The first-order valence-electron chi connectivity index (χ1n) is 4.21. The van der Waals surface area contributed by atoms with Crippen molar-refractivity contribution in [2.24, 2.45) is 0 Å². The summed E-state index contributed by atoms with van der Waals surface area (Å²) in [6.45, 7) is 9.21. The second kappa shape index (κ2) is 5.80. The highest BCUT2D eigenvalue weighted by Gasteiger charge is 2.16. The average Bonchev–Trinajstić information content (AvgIpc) is 1.94. The summed E-state index contributed by atoms with van der Waals surface area (Å²) in [5.41, 5.74) is -0.505. The van der Waals surface area contributed by atoms with Crippen molar-refractivity contribution in [2.75, 3.05) is 13.2 Å². The quantitative estimate of drug-likeness (QED) is 0.502. The van der Waals surface area contributed by atoms with Gasteiger partial charge in [0.2, 0.25) is 0 Å². The molecule has 0 N–H and O–H groups in total. The number of carbonyl (C=O) groups is 1. The van der Waals surface area contributed by atoms with Crippen LogP contribution in [0.2, 0.25) is 0 Å². The van der Waals surface area contributed by atoms with Gasteiger partial charge in [0.05, 0.1) is 13.2 Å². The lowest BCUT2D eigenvalue weighted by Crippen LogP contribution is -2.25. The van der Waals surface area contributed by atoms with Gasteiger partial charge in [0.1, 0.15) is 12.2 Å². The van der Waals surface area contributed by atoms with E-state index >= 15 is 0 Å². The fourth-order valence-corrected chi connectivity index (χ4v) is 0.570. The fourth-order valence-electron chi connectivity index (χ4n) is 0.570. The Morgan fingerprint density at radius 2 is 1.92 bits per heavy atom. The van der Waals surface area contributed by atoms with Crippen molar-refractivity contribution < 1.29 is 19.0 Å². The summed E-state index contributed by atoms with van der Waals surface area (Å²) in [5, 5.41) is 0. The van der Waals surface area contributed by atoms with Gasteiger partial charge in [-0.25, -0.2) is 4.79 Å². The lowest BCUT2D eigenvalue weighted by atomic mass is 10.2. The average molecular weight is 189 g/mol. The smallest absolute Gasteiger partial charge is 0.432 e. The lowest BCUT2D eigenvalue weighted by molar-refractivity contribution is -0.0149. The summed E-state index contributed by atoms with van der Waals surface area (Å²) in [6, 6.07) is 0. The zero-order valence-electron chi connectivity index (χ0n) is 8.62. The van der Waals surface area contributed by atoms with E-state index in [1.165, 1.54) is 0 Å². The Morgan fingerprint density at radius 1 is 1.31 bits per heavy atom. The van der Waals surface area contributed by atoms with Crippen molar-refractivity contribution in [3.05, 3.63) is 6.61 Å². The van der Waals surface area contributed by atoms with Crippen molar-refractivity contribution in [3.63, 3.8) is 0 Å². The van der Waals surface area contributed by atoms with Crippen LogP contribution in [0.4, 0.5) is 4.79 Å². The number of hydrogen-bond donors (Lipinski definition) is 0. The molecule has 0 aliphatic carbocycles. The Bertz CT molecular complexity index is 148. The Kier molecular flexibility index (Phi) is 5.46. The Balaban J connectivity index is 3.41. The van der Waals surface area contributed by atoms with E-state index in [2.05, 4.69) is 0 Å². The van der Waals surface area contributed by atoms with Crippen molar-refractivity contribution in [1.82, 2.24) is 0 Å². The third-order valence-electron chi connectivity index (χ3n) is 0.977. The van der Waals surface area contributed by atoms with Crippen LogP contribution in [0.15, 0.2) is 0 Å². The van der Waals surface area contributed by atoms with E-state index in [1.54, 1.807) is 34.3 Å². The van der Waals surface area contributed by atoms with Crippen LogP contribution in [0.25, 0.3) is 0 Å². The van der Waals surface area contributed by atoms with Gasteiger partial charge in [0, 0.05) is 0 Å². The Morgan fingerprint density at radius 3 is 2.38 bits per heavy atom. The van der Waals surface area contributed by atoms with Gasteiger partial charge in [-0.1, -0.05) is 0 Å². The SMILES string of the molecule is C[CH]OCCOC(=O)OC(C)(C)C. The molecular formula is C9H17O4. The molecule has 0 heterocycles. The fraction of sp³-hybridized carbons (Fsp3) is 0.778. The molecule has 0 aromatic carbocycles. The van der Waals surface area contributed by atoms with Gasteiger partial charge in [-0.05, 0) is 27.7 Å². The van der Waals surface area contributed by atoms with Gasteiger partial charge in [0.15, 0.2) is 0 Å². The van der Waals surface area contributed by atoms with E-state index in [0.29, 0.717) is 6.61 Å². The highest BCUT2D eigenvalue weighted by atomic mass is 16.7. The minimum atomic E-state index is -0.660. The minimum Gasteiger partial charge on any atom is -0.432 e. The van der Waals surface area contributed by atoms with Gasteiger partial charge in [-0.2, -0.15) is 0 Å². The molecule has 0 atom stereocenters. The molecule has 0 aromatic rings. The molecular weight excluding hydrogens is 172 g/mol. The summed E-state index contributed by atoms with van der Waals surface area (Å²) in [4.78, 5) is 10.9. The molecule has 1 radical (unpaired) electrons. The van der Waals surface area contributed by atoms with E-state index in [9.17, 15) is 4.79 Å². The van der Waals surface area contributed by atoms with E-state index in [0.717, 1.165) is 0 Å². The van der Waals surface area contributed by atoms with Crippen LogP contribution in [-0.4, -0.2) is 25.0 Å². The highest BCUT2D eigenvalue weighted by Crippen LogP contribution is 2.07.